The van der Waals surface area contributed by atoms with Gasteiger partial charge in [0.2, 0.25) is 6.20 Å². The van der Waals surface area contributed by atoms with Crippen LogP contribution in [0.15, 0.2) is 24.5 Å². The lowest BCUT2D eigenvalue weighted by Crippen LogP contribution is -2.41. The molecule has 0 bridgehead atoms. The van der Waals surface area contributed by atoms with Crippen molar-refractivity contribution in [2.45, 2.75) is 0 Å². The predicted octanol–water partition coefficient (Wildman–Crippen LogP) is -0.503. The molecule has 0 aliphatic heterocycles. The molecule has 0 aliphatic rings. The molecule has 0 aliphatic carbocycles. The fourth-order valence-corrected chi connectivity index (χ4v) is 1.14. The number of hydrogen-bond acceptors (Lipinski definition) is 3. The molecule has 1 aromatic heterocycles. The molecule has 0 atom stereocenters. The lowest BCUT2D eigenvalue weighted by Gasteiger charge is -1.88. The first-order chi connectivity index (χ1) is 5.54. The van der Waals surface area contributed by atoms with E-state index in [0.29, 0.717) is 3.97 Å². The predicted molar refractivity (Wildman–Crippen MR) is 38.3 cm³/mol. The van der Waals surface area contributed by atoms with Crippen molar-refractivity contribution in [1.29, 1.82) is 5.26 Å². The minimum atomic E-state index is -4.27. The van der Waals surface area contributed by atoms with Crippen LogP contribution < -0.4 is 3.97 Å². The fourth-order valence-electron chi connectivity index (χ4n) is 0.664. The normalized spacial score (nSPS) is 10.7. The van der Waals surface area contributed by atoms with Gasteiger partial charge in [-0.1, -0.05) is 3.97 Å². The molecule has 0 fully saturated rings. The molecule has 0 saturated carbocycles. The van der Waals surface area contributed by atoms with E-state index in [1.54, 1.807) is 6.07 Å². The Labute approximate surface area is 69.4 Å². The Morgan fingerprint density at radius 1 is 1.58 bits per heavy atom. The van der Waals surface area contributed by atoms with Gasteiger partial charge in [0.1, 0.15) is 11.6 Å². The summed E-state index contributed by atoms with van der Waals surface area (Å²) in [5.41, 5.74) is 0.162. The van der Waals surface area contributed by atoms with Crippen LogP contribution in [0, 0.1) is 11.3 Å². The summed E-state index contributed by atoms with van der Waals surface area (Å²) in [6.45, 7) is 0. The number of nitriles is 1. The third-order valence-electron chi connectivity index (χ3n) is 1.17. The highest BCUT2D eigenvalue weighted by Crippen LogP contribution is 1.90. The monoisotopic (exact) mass is 185 g/mol. The fraction of sp³-hybridized carbons (Fsp3) is 0. The van der Waals surface area contributed by atoms with Gasteiger partial charge in [0.15, 0.2) is 6.20 Å². The van der Waals surface area contributed by atoms with Crippen molar-refractivity contribution in [2.75, 3.05) is 0 Å². The first kappa shape index (κ1) is 8.64. The summed E-state index contributed by atoms with van der Waals surface area (Å²) in [5, 5.41) is 8.39. The Bertz CT molecular complexity index is 432. The highest BCUT2D eigenvalue weighted by molar-refractivity contribution is 7.79. The maximum atomic E-state index is 10.5. The first-order valence-corrected chi connectivity index (χ1v) is 4.33. The molecule has 1 aromatic rings. The molecule has 1 rings (SSSR count). The molecular weight excluding hydrogens is 180 g/mol. The van der Waals surface area contributed by atoms with Gasteiger partial charge in [0.05, 0.1) is 0 Å². The Kier molecular flexibility index (Phi) is 2.08. The van der Waals surface area contributed by atoms with Crippen LogP contribution in [0.2, 0.25) is 0 Å². The van der Waals surface area contributed by atoms with Gasteiger partial charge in [-0.25, -0.2) is 4.55 Å². The Hall–Kier alpha value is -1.45. The Morgan fingerprint density at radius 2 is 2.25 bits per heavy atom. The lowest BCUT2D eigenvalue weighted by atomic mass is 10.3. The van der Waals surface area contributed by atoms with E-state index >= 15 is 0 Å². The average Bonchev–Trinajstić information content (AvgIpc) is 2.03. The van der Waals surface area contributed by atoms with Crippen LogP contribution in [0.4, 0.5) is 0 Å². The van der Waals surface area contributed by atoms with E-state index < -0.39 is 10.3 Å². The van der Waals surface area contributed by atoms with Crippen molar-refractivity contribution in [2.24, 2.45) is 0 Å². The van der Waals surface area contributed by atoms with Crippen molar-refractivity contribution in [3.05, 3.63) is 30.1 Å². The van der Waals surface area contributed by atoms with E-state index in [1.165, 1.54) is 12.1 Å². The van der Waals surface area contributed by atoms with Crippen LogP contribution in [0.5, 0.6) is 0 Å². The molecule has 1 heterocycles. The smallest absolute Gasteiger partial charge is 0.233 e. The minimum absolute atomic E-state index is 0.162. The van der Waals surface area contributed by atoms with Gasteiger partial charge in [-0.2, -0.15) is 5.26 Å². The van der Waals surface area contributed by atoms with Crippen molar-refractivity contribution in [3.63, 3.8) is 0 Å². The maximum Gasteiger partial charge on any atom is 0.511 e. The van der Waals surface area contributed by atoms with Crippen LogP contribution in [0.1, 0.15) is 5.56 Å². The molecular formula is C6H5N2O3S+. The molecule has 6 heteroatoms. The molecule has 0 spiro atoms. The number of nitrogens with zero attached hydrogens (tertiary/aromatic N) is 2. The van der Waals surface area contributed by atoms with Gasteiger partial charge >= 0.3 is 10.3 Å². The Morgan fingerprint density at radius 3 is 2.75 bits per heavy atom. The molecule has 0 amide bonds. The summed E-state index contributed by atoms with van der Waals surface area (Å²) < 4.78 is 30.1. The summed E-state index contributed by atoms with van der Waals surface area (Å²) in [6.07, 6.45) is 2.16. The molecule has 0 radical (unpaired) electrons. The van der Waals surface area contributed by atoms with Crippen molar-refractivity contribution < 1.29 is 16.9 Å². The van der Waals surface area contributed by atoms with E-state index in [9.17, 15) is 8.42 Å². The van der Waals surface area contributed by atoms with Crippen LogP contribution in [0.25, 0.3) is 0 Å². The number of hydrogen-bond donors (Lipinski definition) is 1. The van der Waals surface area contributed by atoms with E-state index in [2.05, 4.69) is 0 Å². The summed E-state index contributed by atoms with van der Waals surface area (Å²) >= 11 is 0. The largest absolute Gasteiger partial charge is 0.511 e. The van der Waals surface area contributed by atoms with Gasteiger partial charge < -0.3 is 0 Å². The summed E-state index contributed by atoms with van der Waals surface area (Å²) in [4.78, 5) is 0. The highest BCUT2D eigenvalue weighted by Gasteiger charge is 2.16. The van der Waals surface area contributed by atoms with E-state index in [-0.39, 0.29) is 5.56 Å². The van der Waals surface area contributed by atoms with Crippen molar-refractivity contribution >= 4 is 10.3 Å². The standard InChI is InChI=1S/C6H4N2O3S/c7-4-6-2-1-3-8(5-6)12(9,10)11/h1-3,5H/p+1. The quantitative estimate of drug-likeness (QED) is 0.472. The number of aromatic nitrogens is 1. The van der Waals surface area contributed by atoms with Gasteiger partial charge in [-0.3, -0.25) is 0 Å². The second-order valence-corrected chi connectivity index (χ2v) is 3.33. The van der Waals surface area contributed by atoms with E-state index in [4.69, 9.17) is 9.81 Å². The number of pyridine rings is 1. The average molecular weight is 185 g/mol. The first-order valence-electron chi connectivity index (χ1n) is 2.93. The molecule has 1 N–H and O–H groups in total. The topological polar surface area (TPSA) is 82.0 Å². The minimum Gasteiger partial charge on any atom is -0.233 e. The van der Waals surface area contributed by atoms with Crippen LogP contribution in [0.3, 0.4) is 0 Å². The third kappa shape index (κ3) is 1.78. The van der Waals surface area contributed by atoms with Crippen LogP contribution in [-0.4, -0.2) is 13.0 Å². The zero-order chi connectivity index (χ0) is 9.19. The maximum absolute atomic E-state index is 10.5. The zero-order valence-corrected chi connectivity index (χ0v) is 6.69. The summed E-state index contributed by atoms with van der Waals surface area (Å²) in [7, 11) is -4.27. The lowest BCUT2D eigenvalue weighted by molar-refractivity contribution is -0.519. The molecule has 5 nitrogen and oxygen atoms in total. The zero-order valence-electron chi connectivity index (χ0n) is 5.88. The highest BCUT2D eigenvalue weighted by atomic mass is 32.2. The van der Waals surface area contributed by atoms with Gasteiger partial charge in [-0.05, 0) is 6.07 Å². The van der Waals surface area contributed by atoms with Crippen LogP contribution in [-0.2, 0) is 10.3 Å². The van der Waals surface area contributed by atoms with Crippen LogP contribution >= 0.6 is 0 Å². The molecule has 0 saturated heterocycles. The van der Waals surface area contributed by atoms with Crippen molar-refractivity contribution in [1.82, 2.24) is 0 Å². The molecule has 0 aromatic carbocycles. The van der Waals surface area contributed by atoms with Crippen molar-refractivity contribution in [3.8, 4) is 6.07 Å². The van der Waals surface area contributed by atoms with Gasteiger partial charge in [0, 0.05) is 6.07 Å². The van der Waals surface area contributed by atoms with Gasteiger partial charge in [0.25, 0.3) is 0 Å². The number of rotatable bonds is 1. The van der Waals surface area contributed by atoms with Gasteiger partial charge in [-0.15, -0.1) is 8.42 Å². The second kappa shape index (κ2) is 2.89. The Balaban J connectivity index is 3.32. The summed E-state index contributed by atoms with van der Waals surface area (Å²) in [5.74, 6) is 0. The SMILES string of the molecule is N#Cc1ccc[n+](S(=O)(=O)O)c1. The van der Waals surface area contributed by atoms with E-state index in [0.717, 1.165) is 12.4 Å². The molecule has 12 heavy (non-hydrogen) atoms. The molecule has 0 unspecified atom stereocenters. The summed E-state index contributed by atoms with van der Waals surface area (Å²) in [6, 6.07) is 4.53. The molecule has 62 valence electrons. The third-order valence-corrected chi connectivity index (χ3v) is 1.93. The second-order valence-electron chi connectivity index (χ2n) is 2.01. The van der Waals surface area contributed by atoms with E-state index in [1.807, 2.05) is 0 Å².